The zero-order valence-electron chi connectivity index (χ0n) is 7.62. The minimum absolute atomic E-state index is 0.130. The van der Waals surface area contributed by atoms with Gasteiger partial charge in [0.25, 0.3) is 5.91 Å². The second-order valence-electron chi connectivity index (χ2n) is 3.62. The summed E-state index contributed by atoms with van der Waals surface area (Å²) < 4.78 is 0. The first-order chi connectivity index (χ1) is 4.95. The van der Waals surface area contributed by atoms with Crippen molar-refractivity contribution in [2.75, 3.05) is 6.54 Å². The quantitative estimate of drug-likeness (QED) is 0.563. The van der Waals surface area contributed by atoms with Gasteiger partial charge in [0.1, 0.15) is 0 Å². The Kier molecular flexibility index (Phi) is 3.67. The smallest absolute Gasteiger partial charge is 0.295 e. The molecule has 0 spiro atoms. The van der Waals surface area contributed by atoms with E-state index in [-0.39, 0.29) is 11.3 Å². The van der Waals surface area contributed by atoms with Crippen LogP contribution in [0.3, 0.4) is 0 Å². The van der Waals surface area contributed by atoms with Crippen LogP contribution in [-0.2, 0) is 4.79 Å². The second-order valence-corrected chi connectivity index (χ2v) is 3.62. The monoisotopic (exact) mass is 153 g/mol. The Morgan fingerprint density at radius 3 is 2.36 bits per heavy atom. The average molecular weight is 153 g/mol. The predicted octanol–water partition coefficient (Wildman–Crippen LogP) is 1.17. The van der Waals surface area contributed by atoms with Crippen molar-refractivity contribution < 1.29 is 4.79 Å². The van der Waals surface area contributed by atoms with E-state index in [1.165, 1.54) is 0 Å². The van der Waals surface area contributed by atoms with Crippen molar-refractivity contribution in [3.63, 3.8) is 0 Å². The molecule has 0 atom stereocenters. The first kappa shape index (κ1) is 10.0. The highest BCUT2D eigenvalue weighted by Gasteiger charge is 2.10. The fourth-order valence-corrected chi connectivity index (χ4v) is 0.503. The summed E-state index contributed by atoms with van der Waals surface area (Å²) in [5.41, 5.74) is 0.130. The average Bonchev–Trinajstić information content (AvgIpc) is 1.83. The van der Waals surface area contributed by atoms with E-state index in [0.717, 1.165) is 0 Å². The third-order valence-electron chi connectivity index (χ3n) is 1.02. The molecule has 0 saturated carbocycles. The summed E-state index contributed by atoms with van der Waals surface area (Å²) in [5.74, 6) is 4.77. The fraction of sp³-hybridized carbons (Fsp3) is 0.667. The SMILES string of the molecule is CC#CC(=O)NCC(C)(C)C. The van der Waals surface area contributed by atoms with Crippen molar-refractivity contribution in [1.82, 2.24) is 5.32 Å². The molecule has 0 aliphatic carbocycles. The first-order valence-corrected chi connectivity index (χ1v) is 3.66. The van der Waals surface area contributed by atoms with Crippen LogP contribution in [0.25, 0.3) is 0 Å². The van der Waals surface area contributed by atoms with E-state index < -0.39 is 0 Å². The molecule has 0 heterocycles. The summed E-state index contributed by atoms with van der Waals surface area (Å²) in [6, 6.07) is 0. The highest BCUT2D eigenvalue weighted by Crippen LogP contribution is 2.09. The molecular weight excluding hydrogens is 138 g/mol. The van der Waals surface area contributed by atoms with Crippen molar-refractivity contribution in [2.45, 2.75) is 27.7 Å². The number of rotatable bonds is 1. The van der Waals surface area contributed by atoms with Gasteiger partial charge in [-0.2, -0.15) is 0 Å². The lowest BCUT2D eigenvalue weighted by Gasteiger charge is -2.17. The van der Waals surface area contributed by atoms with E-state index in [9.17, 15) is 4.79 Å². The molecule has 0 rings (SSSR count). The van der Waals surface area contributed by atoms with Gasteiger partial charge in [-0.3, -0.25) is 4.79 Å². The van der Waals surface area contributed by atoms with Crippen molar-refractivity contribution >= 4 is 5.91 Å². The molecule has 0 aliphatic heterocycles. The lowest BCUT2D eigenvalue weighted by molar-refractivity contribution is -0.116. The molecule has 0 fully saturated rings. The molecule has 0 bridgehead atoms. The molecule has 0 aromatic carbocycles. The zero-order valence-corrected chi connectivity index (χ0v) is 7.62. The Balaban J connectivity index is 3.69. The van der Waals surface area contributed by atoms with Crippen molar-refractivity contribution in [1.29, 1.82) is 0 Å². The van der Waals surface area contributed by atoms with Crippen LogP contribution in [0.5, 0.6) is 0 Å². The van der Waals surface area contributed by atoms with Gasteiger partial charge in [-0.1, -0.05) is 26.7 Å². The molecule has 2 heteroatoms. The lowest BCUT2D eigenvalue weighted by Crippen LogP contribution is -2.31. The number of carbonyl (C=O) groups is 1. The van der Waals surface area contributed by atoms with Gasteiger partial charge in [0.15, 0.2) is 0 Å². The molecule has 2 nitrogen and oxygen atoms in total. The van der Waals surface area contributed by atoms with E-state index in [4.69, 9.17) is 0 Å². The minimum Gasteiger partial charge on any atom is -0.345 e. The normalized spacial score (nSPS) is 9.82. The van der Waals surface area contributed by atoms with E-state index in [1.54, 1.807) is 6.92 Å². The van der Waals surface area contributed by atoms with Gasteiger partial charge in [0, 0.05) is 6.54 Å². The van der Waals surface area contributed by atoms with Crippen LogP contribution < -0.4 is 5.32 Å². The van der Waals surface area contributed by atoms with Gasteiger partial charge in [-0.05, 0) is 18.3 Å². The number of nitrogens with one attached hydrogen (secondary N) is 1. The summed E-state index contributed by atoms with van der Waals surface area (Å²) in [7, 11) is 0. The van der Waals surface area contributed by atoms with Gasteiger partial charge in [0.2, 0.25) is 0 Å². The molecule has 0 aliphatic rings. The summed E-state index contributed by atoms with van der Waals surface area (Å²) in [6.45, 7) is 8.50. The second kappa shape index (κ2) is 4.02. The predicted molar refractivity (Wildman–Crippen MR) is 45.9 cm³/mol. The van der Waals surface area contributed by atoms with Gasteiger partial charge in [-0.15, -0.1) is 0 Å². The van der Waals surface area contributed by atoms with Crippen LogP contribution >= 0.6 is 0 Å². The van der Waals surface area contributed by atoms with E-state index in [2.05, 4.69) is 37.9 Å². The van der Waals surface area contributed by atoms with Crippen molar-refractivity contribution in [3.05, 3.63) is 0 Å². The number of hydrogen-bond acceptors (Lipinski definition) is 1. The molecule has 0 aromatic heterocycles. The molecular formula is C9H15NO. The van der Waals surface area contributed by atoms with Crippen LogP contribution in [0.15, 0.2) is 0 Å². The van der Waals surface area contributed by atoms with Crippen LogP contribution in [0.1, 0.15) is 27.7 Å². The molecule has 11 heavy (non-hydrogen) atoms. The Morgan fingerprint density at radius 1 is 1.45 bits per heavy atom. The molecule has 0 unspecified atom stereocenters. The molecule has 1 N–H and O–H groups in total. The molecule has 0 saturated heterocycles. The van der Waals surface area contributed by atoms with E-state index in [0.29, 0.717) is 6.54 Å². The zero-order chi connectivity index (χ0) is 8.91. The standard InChI is InChI=1S/C9H15NO/c1-5-6-8(11)10-7-9(2,3)4/h7H2,1-4H3,(H,10,11). The van der Waals surface area contributed by atoms with Crippen LogP contribution in [0.2, 0.25) is 0 Å². The maximum Gasteiger partial charge on any atom is 0.295 e. The third kappa shape index (κ3) is 6.92. The van der Waals surface area contributed by atoms with Crippen molar-refractivity contribution in [2.24, 2.45) is 5.41 Å². The lowest BCUT2D eigenvalue weighted by atomic mass is 9.97. The Bertz CT molecular complexity index is 190. The van der Waals surface area contributed by atoms with Crippen LogP contribution in [0.4, 0.5) is 0 Å². The van der Waals surface area contributed by atoms with Gasteiger partial charge in [-0.25, -0.2) is 0 Å². The van der Waals surface area contributed by atoms with Crippen LogP contribution in [-0.4, -0.2) is 12.5 Å². The van der Waals surface area contributed by atoms with Gasteiger partial charge < -0.3 is 5.32 Å². The maximum absolute atomic E-state index is 10.8. The number of carbonyl (C=O) groups excluding carboxylic acids is 1. The first-order valence-electron chi connectivity index (χ1n) is 3.66. The summed E-state index contributed by atoms with van der Waals surface area (Å²) in [4.78, 5) is 10.8. The van der Waals surface area contributed by atoms with Crippen molar-refractivity contribution in [3.8, 4) is 11.8 Å². The minimum atomic E-state index is -0.192. The number of amides is 1. The molecule has 62 valence electrons. The third-order valence-corrected chi connectivity index (χ3v) is 1.02. The summed E-state index contributed by atoms with van der Waals surface area (Å²) in [6.07, 6.45) is 0. The Morgan fingerprint density at radius 2 is 2.00 bits per heavy atom. The topological polar surface area (TPSA) is 29.1 Å². The van der Waals surface area contributed by atoms with Crippen LogP contribution in [0, 0.1) is 17.3 Å². The molecule has 1 amide bonds. The van der Waals surface area contributed by atoms with Gasteiger partial charge >= 0.3 is 0 Å². The summed E-state index contributed by atoms with van der Waals surface area (Å²) >= 11 is 0. The maximum atomic E-state index is 10.8. The van der Waals surface area contributed by atoms with E-state index in [1.807, 2.05) is 0 Å². The van der Waals surface area contributed by atoms with E-state index >= 15 is 0 Å². The summed E-state index contributed by atoms with van der Waals surface area (Å²) in [5, 5.41) is 2.71. The highest BCUT2D eigenvalue weighted by atomic mass is 16.1. The fourth-order valence-electron chi connectivity index (χ4n) is 0.503. The molecule has 0 aromatic rings. The Labute approximate surface area is 68.4 Å². The highest BCUT2D eigenvalue weighted by molar-refractivity contribution is 5.93. The molecule has 0 radical (unpaired) electrons. The van der Waals surface area contributed by atoms with Gasteiger partial charge in [0.05, 0.1) is 0 Å². The largest absolute Gasteiger partial charge is 0.345 e. The number of hydrogen-bond donors (Lipinski definition) is 1. The Hall–Kier alpha value is -0.970.